The molecule has 0 atom stereocenters. The molecule has 0 aliphatic carbocycles. The third-order valence-corrected chi connectivity index (χ3v) is 1.85. The number of hydrogen-bond acceptors (Lipinski definition) is 4. The van der Waals surface area contributed by atoms with Gasteiger partial charge in [-0.15, -0.1) is 6.58 Å². The van der Waals surface area contributed by atoms with Gasteiger partial charge in [0.25, 0.3) is 0 Å². The quantitative estimate of drug-likeness (QED) is 0.379. The van der Waals surface area contributed by atoms with Gasteiger partial charge in [0.1, 0.15) is 0 Å². The van der Waals surface area contributed by atoms with Crippen LogP contribution in [-0.2, 0) is 18.9 Å². The van der Waals surface area contributed by atoms with E-state index in [0.717, 1.165) is 18.6 Å². The summed E-state index contributed by atoms with van der Waals surface area (Å²) in [6.45, 7) is 10.2. The molecular formula is C12H24O4. The van der Waals surface area contributed by atoms with E-state index in [-0.39, 0.29) is 0 Å². The van der Waals surface area contributed by atoms with Crippen LogP contribution in [0.5, 0.6) is 0 Å². The minimum absolute atomic E-state index is 0.605. The fourth-order valence-electron chi connectivity index (χ4n) is 0.931. The van der Waals surface area contributed by atoms with Crippen molar-refractivity contribution in [1.82, 2.24) is 0 Å². The Balaban J connectivity index is 2.90. The minimum Gasteiger partial charge on any atom is -0.382 e. The van der Waals surface area contributed by atoms with Gasteiger partial charge in [-0.1, -0.05) is 5.57 Å². The fraction of sp³-hybridized carbons (Fsp3) is 0.833. The van der Waals surface area contributed by atoms with E-state index in [9.17, 15) is 0 Å². The molecule has 0 spiro atoms. The van der Waals surface area contributed by atoms with E-state index in [1.54, 1.807) is 7.11 Å². The van der Waals surface area contributed by atoms with E-state index in [1.807, 2.05) is 6.92 Å². The van der Waals surface area contributed by atoms with Crippen LogP contribution in [0.1, 0.15) is 13.3 Å². The summed E-state index contributed by atoms with van der Waals surface area (Å²) in [6, 6.07) is 0. The second-order valence-corrected chi connectivity index (χ2v) is 3.54. The number of rotatable bonds is 12. The molecule has 0 bridgehead atoms. The molecule has 0 aromatic carbocycles. The SMILES string of the molecule is C=C(C)CCOCCOCCOCCOC. The van der Waals surface area contributed by atoms with Crippen molar-refractivity contribution in [2.24, 2.45) is 0 Å². The van der Waals surface area contributed by atoms with Crippen LogP contribution in [0.25, 0.3) is 0 Å². The van der Waals surface area contributed by atoms with Gasteiger partial charge in [0.15, 0.2) is 0 Å². The highest BCUT2D eigenvalue weighted by Crippen LogP contribution is 1.94. The Bertz CT molecular complexity index is 159. The summed E-state index contributed by atoms with van der Waals surface area (Å²) in [4.78, 5) is 0. The van der Waals surface area contributed by atoms with Crippen molar-refractivity contribution >= 4 is 0 Å². The highest BCUT2D eigenvalue weighted by Gasteiger charge is 1.92. The van der Waals surface area contributed by atoms with Gasteiger partial charge in [0, 0.05) is 7.11 Å². The Hall–Kier alpha value is -0.420. The molecule has 0 fully saturated rings. The van der Waals surface area contributed by atoms with Crippen molar-refractivity contribution in [1.29, 1.82) is 0 Å². The first-order valence-corrected chi connectivity index (χ1v) is 5.64. The van der Waals surface area contributed by atoms with E-state index >= 15 is 0 Å². The Kier molecular flexibility index (Phi) is 12.3. The molecule has 4 nitrogen and oxygen atoms in total. The van der Waals surface area contributed by atoms with Crippen molar-refractivity contribution in [2.45, 2.75) is 13.3 Å². The summed E-state index contributed by atoms with van der Waals surface area (Å²) in [6.07, 6.45) is 0.917. The summed E-state index contributed by atoms with van der Waals surface area (Å²) in [5, 5.41) is 0. The Morgan fingerprint density at radius 2 is 1.25 bits per heavy atom. The molecule has 0 aliphatic rings. The molecular weight excluding hydrogens is 208 g/mol. The van der Waals surface area contributed by atoms with Crippen LogP contribution in [0.3, 0.4) is 0 Å². The van der Waals surface area contributed by atoms with Crippen LogP contribution in [0.4, 0.5) is 0 Å². The standard InChI is InChI=1S/C12H24O4/c1-12(2)4-5-14-8-9-16-11-10-15-7-6-13-3/h1,4-11H2,2-3H3. The van der Waals surface area contributed by atoms with Crippen LogP contribution >= 0.6 is 0 Å². The highest BCUT2D eigenvalue weighted by atomic mass is 16.6. The third-order valence-electron chi connectivity index (χ3n) is 1.85. The molecule has 0 N–H and O–H groups in total. The first-order valence-electron chi connectivity index (χ1n) is 5.64. The molecule has 0 saturated carbocycles. The van der Waals surface area contributed by atoms with Crippen molar-refractivity contribution in [3.63, 3.8) is 0 Å². The summed E-state index contributed by atoms with van der Waals surface area (Å²) >= 11 is 0. The summed E-state index contributed by atoms with van der Waals surface area (Å²) in [5.74, 6) is 0. The first-order chi connectivity index (χ1) is 7.77. The van der Waals surface area contributed by atoms with Gasteiger partial charge in [0.05, 0.1) is 46.2 Å². The second kappa shape index (κ2) is 12.6. The number of methoxy groups -OCH3 is 1. The second-order valence-electron chi connectivity index (χ2n) is 3.54. The lowest BCUT2D eigenvalue weighted by atomic mass is 10.3. The van der Waals surface area contributed by atoms with Crippen LogP contribution < -0.4 is 0 Å². The smallest absolute Gasteiger partial charge is 0.0701 e. The summed E-state index contributed by atoms with van der Waals surface area (Å²) < 4.78 is 20.7. The highest BCUT2D eigenvalue weighted by molar-refractivity contribution is 4.86. The maximum absolute atomic E-state index is 5.34. The van der Waals surface area contributed by atoms with Gasteiger partial charge in [-0.05, 0) is 13.3 Å². The van der Waals surface area contributed by atoms with Crippen LogP contribution in [0.2, 0.25) is 0 Å². The lowest BCUT2D eigenvalue weighted by Crippen LogP contribution is -2.11. The largest absolute Gasteiger partial charge is 0.382 e. The summed E-state index contributed by atoms with van der Waals surface area (Å²) in [7, 11) is 1.65. The predicted octanol–water partition coefficient (Wildman–Crippen LogP) is 1.65. The molecule has 0 heterocycles. The Morgan fingerprint density at radius 1 is 0.812 bits per heavy atom. The average Bonchev–Trinajstić information content (AvgIpc) is 2.25. The minimum atomic E-state index is 0.605. The van der Waals surface area contributed by atoms with Crippen molar-refractivity contribution in [3.8, 4) is 0 Å². The maximum Gasteiger partial charge on any atom is 0.0701 e. The number of ether oxygens (including phenoxy) is 4. The van der Waals surface area contributed by atoms with Crippen LogP contribution in [-0.4, -0.2) is 53.4 Å². The van der Waals surface area contributed by atoms with Crippen molar-refractivity contribution in [2.75, 3.05) is 53.4 Å². The fourth-order valence-corrected chi connectivity index (χ4v) is 0.931. The molecule has 0 aromatic heterocycles. The van der Waals surface area contributed by atoms with Crippen molar-refractivity contribution < 1.29 is 18.9 Å². The van der Waals surface area contributed by atoms with Gasteiger partial charge in [-0.2, -0.15) is 0 Å². The van der Waals surface area contributed by atoms with E-state index in [0.29, 0.717) is 39.6 Å². The maximum atomic E-state index is 5.34. The van der Waals surface area contributed by atoms with E-state index in [2.05, 4.69) is 6.58 Å². The number of hydrogen-bond donors (Lipinski definition) is 0. The molecule has 0 amide bonds. The molecule has 0 radical (unpaired) electrons. The Morgan fingerprint density at radius 3 is 1.69 bits per heavy atom. The van der Waals surface area contributed by atoms with Gasteiger partial charge in [0.2, 0.25) is 0 Å². The molecule has 0 rings (SSSR count). The van der Waals surface area contributed by atoms with Gasteiger partial charge >= 0.3 is 0 Å². The topological polar surface area (TPSA) is 36.9 Å². The van der Waals surface area contributed by atoms with Crippen molar-refractivity contribution in [3.05, 3.63) is 12.2 Å². The first kappa shape index (κ1) is 15.6. The van der Waals surface area contributed by atoms with Gasteiger partial charge in [-0.25, -0.2) is 0 Å². The molecule has 0 unspecified atom stereocenters. The molecule has 16 heavy (non-hydrogen) atoms. The van der Waals surface area contributed by atoms with E-state index in [1.165, 1.54) is 0 Å². The Labute approximate surface area is 98.5 Å². The third kappa shape index (κ3) is 13.6. The van der Waals surface area contributed by atoms with E-state index < -0.39 is 0 Å². The lowest BCUT2D eigenvalue weighted by molar-refractivity contribution is 0.00408. The molecule has 0 aliphatic heterocycles. The van der Waals surface area contributed by atoms with Crippen LogP contribution in [0, 0.1) is 0 Å². The van der Waals surface area contributed by atoms with E-state index in [4.69, 9.17) is 18.9 Å². The lowest BCUT2D eigenvalue weighted by Gasteiger charge is -2.06. The average molecular weight is 232 g/mol. The van der Waals surface area contributed by atoms with Gasteiger partial charge < -0.3 is 18.9 Å². The molecule has 96 valence electrons. The van der Waals surface area contributed by atoms with Crippen LogP contribution in [0.15, 0.2) is 12.2 Å². The summed E-state index contributed by atoms with van der Waals surface area (Å²) in [5.41, 5.74) is 1.15. The molecule has 4 heteroatoms. The van der Waals surface area contributed by atoms with Gasteiger partial charge in [-0.3, -0.25) is 0 Å². The zero-order valence-electron chi connectivity index (χ0n) is 10.5. The predicted molar refractivity (Wildman–Crippen MR) is 63.8 cm³/mol. The zero-order chi connectivity index (χ0) is 12.1. The zero-order valence-corrected chi connectivity index (χ0v) is 10.5. The normalized spacial score (nSPS) is 10.6. The molecule has 0 aromatic rings. The molecule has 0 saturated heterocycles. The monoisotopic (exact) mass is 232 g/mol.